The molecule has 16 heteroatoms. The molecule has 0 saturated carbocycles. The molecule has 0 fully saturated rings. The van der Waals surface area contributed by atoms with Gasteiger partial charge in [0.2, 0.25) is 0 Å². The maximum Gasteiger partial charge on any atom is 0.420 e. The lowest BCUT2D eigenvalue weighted by atomic mass is 9.94. The van der Waals surface area contributed by atoms with Gasteiger partial charge in [-0.05, 0) is 195 Å². The van der Waals surface area contributed by atoms with E-state index in [1.54, 1.807) is 60.7 Å². The Bertz CT molecular complexity index is 5890. The van der Waals surface area contributed by atoms with Crippen LogP contribution in [0.1, 0.15) is 66.8 Å². The van der Waals surface area contributed by atoms with Crippen LogP contribution in [0, 0.1) is 79.9 Å². The first-order chi connectivity index (χ1) is 48.8. The Morgan fingerprint density at radius 1 is 0.304 bits per heavy atom. The monoisotopic (exact) mass is 1360 g/mol. The third-order valence-electron chi connectivity index (χ3n) is 20.0. The SMILES string of the molecule is [C-]#[N+]c1cccc(C(F)(F)F)c1-c1cc(-n2c3cccc(C)c3c3c(C)cccc32)c(C#N)c(-n2c3cccc(C)c3c3c(C)cccc32)c1.[C-]#[N+]c1cccc(C(F)(F)F)c1-c1cc(-n2c3cccc(C)c3c3c(C)cccc32)c(C(F)(F)F)c(-n2c3cccc(C)c3c3c(C)cccc32)c1. The number of alkyl halides is 9. The largest absolute Gasteiger partial charge is 0.420 e. The fraction of sp³-hybridized carbons (Fsp3) is 0.128. The third kappa shape index (κ3) is 10.1. The van der Waals surface area contributed by atoms with E-state index in [1.807, 2.05) is 162 Å². The van der Waals surface area contributed by atoms with Crippen molar-refractivity contribution in [2.24, 2.45) is 0 Å². The van der Waals surface area contributed by atoms with Gasteiger partial charge in [0.15, 0.2) is 11.4 Å². The van der Waals surface area contributed by atoms with Crippen LogP contribution in [0.4, 0.5) is 50.9 Å². The molecule has 0 spiro atoms. The average molecular weight is 1360 g/mol. The Morgan fingerprint density at radius 2 is 0.520 bits per heavy atom. The summed E-state index contributed by atoms with van der Waals surface area (Å²) in [6, 6.07) is 60.5. The van der Waals surface area contributed by atoms with Crippen LogP contribution < -0.4 is 0 Å². The number of aromatic nitrogens is 4. The number of fused-ring (bicyclic) bond motifs is 12. The van der Waals surface area contributed by atoms with E-state index in [4.69, 9.17) is 13.1 Å². The van der Waals surface area contributed by atoms with Crippen molar-refractivity contribution in [3.63, 3.8) is 0 Å². The fourth-order valence-electron chi connectivity index (χ4n) is 15.8. The number of hydrogen-bond donors (Lipinski definition) is 0. The van der Waals surface area contributed by atoms with Crippen molar-refractivity contribution >= 4 is 98.6 Å². The second kappa shape index (κ2) is 24.0. The van der Waals surface area contributed by atoms with Gasteiger partial charge in [-0.25, -0.2) is 9.69 Å². The van der Waals surface area contributed by atoms with Crippen molar-refractivity contribution in [1.29, 1.82) is 5.26 Å². The molecule has 16 aromatic rings. The minimum Gasteiger partial charge on any atom is -0.309 e. The van der Waals surface area contributed by atoms with E-state index in [0.717, 1.165) is 128 Å². The second-order valence-electron chi connectivity index (χ2n) is 26.1. The van der Waals surface area contributed by atoms with Crippen LogP contribution in [-0.2, 0) is 18.5 Å². The van der Waals surface area contributed by atoms with Crippen molar-refractivity contribution in [2.45, 2.75) is 73.9 Å². The van der Waals surface area contributed by atoms with Crippen LogP contribution in [0.3, 0.4) is 0 Å². The summed E-state index contributed by atoms with van der Waals surface area (Å²) in [6.45, 7) is 31.5. The van der Waals surface area contributed by atoms with Gasteiger partial charge in [-0.3, -0.25) is 0 Å². The molecule has 500 valence electrons. The van der Waals surface area contributed by atoms with E-state index < -0.39 is 40.8 Å². The molecule has 0 unspecified atom stereocenters. The first-order valence-electron chi connectivity index (χ1n) is 32.8. The molecule has 0 aliphatic heterocycles. The molecule has 102 heavy (non-hydrogen) atoms. The van der Waals surface area contributed by atoms with Crippen LogP contribution in [0.15, 0.2) is 206 Å². The predicted octanol–water partition coefficient (Wildman–Crippen LogP) is 25.6. The normalized spacial score (nSPS) is 12.1. The molecule has 0 atom stereocenters. The number of halogens is 9. The predicted molar refractivity (Wildman–Crippen MR) is 391 cm³/mol. The van der Waals surface area contributed by atoms with Gasteiger partial charge in [0.1, 0.15) is 17.2 Å². The minimum atomic E-state index is -4.98. The van der Waals surface area contributed by atoms with Gasteiger partial charge in [0, 0.05) is 43.1 Å². The summed E-state index contributed by atoms with van der Waals surface area (Å²) in [6.07, 6.45) is -14.6. The first-order valence-corrected chi connectivity index (χ1v) is 32.8. The molecule has 16 rings (SSSR count). The highest BCUT2D eigenvalue weighted by atomic mass is 19.4. The second-order valence-corrected chi connectivity index (χ2v) is 26.1. The van der Waals surface area contributed by atoms with E-state index in [9.17, 15) is 31.6 Å². The summed E-state index contributed by atoms with van der Waals surface area (Å²) in [5.41, 5.74) is 9.05. The summed E-state index contributed by atoms with van der Waals surface area (Å²) in [4.78, 5) is 7.00. The number of nitriles is 1. The summed E-state index contributed by atoms with van der Waals surface area (Å²) < 4.78 is 144. The Balaban J connectivity index is 0.000000165. The van der Waals surface area contributed by atoms with Gasteiger partial charge in [-0.1, -0.05) is 133 Å². The van der Waals surface area contributed by atoms with Crippen molar-refractivity contribution in [3.8, 4) is 51.1 Å². The molecule has 0 aliphatic carbocycles. The third-order valence-corrected chi connectivity index (χ3v) is 20.0. The molecule has 0 amide bonds. The van der Waals surface area contributed by atoms with Crippen molar-refractivity contribution in [2.75, 3.05) is 0 Å². The number of rotatable bonds is 6. The van der Waals surface area contributed by atoms with E-state index in [2.05, 4.69) is 15.8 Å². The molecule has 4 aromatic heterocycles. The van der Waals surface area contributed by atoms with Gasteiger partial charge >= 0.3 is 18.5 Å². The van der Waals surface area contributed by atoms with Gasteiger partial charge in [-0.2, -0.15) is 44.8 Å². The molecule has 4 heterocycles. The molecule has 0 radical (unpaired) electrons. The van der Waals surface area contributed by atoms with E-state index in [1.165, 1.54) is 39.5 Å². The standard InChI is InChI=1S/C43H29F6N3.C43H29F3N4/c1-23-11-6-17-30-36(23)37-24(2)12-7-18-31(37)51(30)34-21-27(40-28(42(44,45)46)15-10-16-29(40)50-5)22-35(41(34)43(47,48)49)52-32-19-8-13-25(3)38(32)39-26(4)14-9-20-33(39)52;1-24-11-6-17-32-38(24)39-25(2)12-7-18-33(39)49(32)36-21-28(42-30(43(44,45)46)15-10-16-31(42)48-5)22-37(29(36)23-47)50-34-19-8-13-26(3)40(34)41-27(4)14-9-20-35(41)50/h6-22H,1-4H3;6-22H,1-4H3. The lowest BCUT2D eigenvalue weighted by Gasteiger charge is -2.24. The molecule has 0 aliphatic rings. The highest BCUT2D eigenvalue weighted by molar-refractivity contribution is 6.17. The van der Waals surface area contributed by atoms with Crippen molar-refractivity contribution < 1.29 is 39.5 Å². The quantitative estimate of drug-likeness (QED) is 0.121. The first kappa shape index (κ1) is 65.6. The zero-order valence-corrected chi connectivity index (χ0v) is 56.2. The molecular formula is C86H58F9N7. The Kier molecular flexibility index (Phi) is 15.4. The van der Waals surface area contributed by atoms with Crippen LogP contribution in [0.25, 0.3) is 142 Å². The lowest BCUT2D eigenvalue weighted by molar-refractivity contribution is -0.138. The zero-order valence-electron chi connectivity index (χ0n) is 56.2. The number of nitrogens with zero attached hydrogens (tertiary/aromatic N) is 7. The fourth-order valence-corrected chi connectivity index (χ4v) is 15.8. The Hall–Kier alpha value is -12.3. The van der Waals surface area contributed by atoms with Crippen molar-refractivity contribution in [1.82, 2.24) is 18.3 Å². The average Bonchev–Trinajstić information content (AvgIpc) is 1.56. The van der Waals surface area contributed by atoms with E-state index in [0.29, 0.717) is 39.0 Å². The maximum absolute atomic E-state index is 16.1. The van der Waals surface area contributed by atoms with Crippen LogP contribution >= 0.6 is 0 Å². The van der Waals surface area contributed by atoms with Gasteiger partial charge in [-0.15, -0.1) is 0 Å². The Labute approximate surface area is 579 Å². The van der Waals surface area contributed by atoms with Gasteiger partial charge in [0.25, 0.3) is 0 Å². The van der Waals surface area contributed by atoms with Gasteiger partial charge < -0.3 is 18.3 Å². The molecule has 12 aromatic carbocycles. The maximum atomic E-state index is 16.1. The van der Waals surface area contributed by atoms with E-state index in [-0.39, 0.29) is 39.4 Å². The molecule has 0 bridgehead atoms. The smallest absolute Gasteiger partial charge is 0.309 e. The van der Waals surface area contributed by atoms with Gasteiger partial charge in [0.05, 0.1) is 91.2 Å². The number of aryl methyl sites for hydroxylation is 8. The summed E-state index contributed by atoms with van der Waals surface area (Å²) in [7, 11) is 0. The lowest BCUT2D eigenvalue weighted by Crippen LogP contribution is -2.16. The van der Waals surface area contributed by atoms with Crippen LogP contribution in [0.2, 0.25) is 0 Å². The summed E-state index contributed by atoms with van der Waals surface area (Å²) in [5.74, 6) is 0. The topological polar surface area (TPSA) is 52.2 Å². The molecule has 0 saturated heterocycles. The van der Waals surface area contributed by atoms with Crippen LogP contribution in [0.5, 0.6) is 0 Å². The molecular weight excluding hydrogens is 1300 g/mol. The zero-order chi connectivity index (χ0) is 71.9. The minimum absolute atomic E-state index is 0.121. The molecule has 7 nitrogen and oxygen atoms in total. The highest BCUT2D eigenvalue weighted by Crippen LogP contribution is 2.52. The Morgan fingerprint density at radius 3 is 0.725 bits per heavy atom. The van der Waals surface area contributed by atoms with Crippen molar-refractivity contribution in [3.05, 3.63) is 296 Å². The number of benzene rings is 12. The summed E-state index contributed by atoms with van der Waals surface area (Å²) in [5, 5.41) is 18.2. The molecule has 0 N–H and O–H groups in total. The van der Waals surface area contributed by atoms with E-state index >= 15 is 13.2 Å². The summed E-state index contributed by atoms with van der Waals surface area (Å²) >= 11 is 0. The van der Waals surface area contributed by atoms with Crippen LogP contribution in [-0.4, -0.2) is 18.3 Å². The number of hydrogen-bond acceptors (Lipinski definition) is 1. The highest BCUT2D eigenvalue weighted by Gasteiger charge is 2.42.